The standard InChI is InChI=1S/C21H25N5O2/c1-22-20(27)17-12-24-21(25-13-17)26-8-6-15(7-9-26)11-23-14-18-10-16-4-2-3-5-19(16)28-18/h2-5,10,12-13,15,23H,6-9,11,14H2,1H3,(H,22,27). The fraction of sp³-hybridized carbons (Fsp3) is 0.381. The molecule has 0 saturated carbocycles. The Kier molecular flexibility index (Phi) is 5.53. The van der Waals surface area contributed by atoms with Gasteiger partial charge in [0.2, 0.25) is 5.95 Å². The minimum atomic E-state index is -0.166. The summed E-state index contributed by atoms with van der Waals surface area (Å²) in [6.45, 7) is 3.58. The number of nitrogens with zero attached hydrogens (tertiary/aromatic N) is 3. The molecule has 1 fully saturated rings. The third-order valence-corrected chi connectivity index (χ3v) is 5.23. The Hall–Kier alpha value is -2.93. The summed E-state index contributed by atoms with van der Waals surface area (Å²) < 4.78 is 5.85. The van der Waals surface area contributed by atoms with E-state index < -0.39 is 0 Å². The molecule has 146 valence electrons. The Morgan fingerprint density at radius 2 is 1.96 bits per heavy atom. The lowest BCUT2D eigenvalue weighted by Crippen LogP contribution is -2.38. The maximum atomic E-state index is 11.6. The van der Waals surface area contributed by atoms with E-state index in [0.717, 1.165) is 55.8 Å². The second-order valence-electron chi connectivity index (χ2n) is 7.16. The Labute approximate surface area is 164 Å². The van der Waals surface area contributed by atoms with Crippen LogP contribution in [0.15, 0.2) is 47.1 Å². The third kappa shape index (κ3) is 4.14. The molecule has 0 unspecified atom stereocenters. The van der Waals surface area contributed by atoms with Crippen molar-refractivity contribution in [1.29, 1.82) is 0 Å². The fourth-order valence-electron chi connectivity index (χ4n) is 3.61. The number of hydrogen-bond donors (Lipinski definition) is 2. The number of fused-ring (bicyclic) bond motifs is 1. The number of amides is 1. The first-order chi connectivity index (χ1) is 13.7. The van der Waals surface area contributed by atoms with Crippen molar-refractivity contribution in [1.82, 2.24) is 20.6 Å². The zero-order valence-electron chi connectivity index (χ0n) is 16.0. The van der Waals surface area contributed by atoms with Crippen molar-refractivity contribution in [2.45, 2.75) is 19.4 Å². The molecule has 1 aliphatic rings. The Bertz CT molecular complexity index is 896. The predicted octanol–water partition coefficient (Wildman–Crippen LogP) is 2.59. The smallest absolute Gasteiger partial charge is 0.254 e. The van der Waals surface area contributed by atoms with Gasteiger partial charge in [-0.25, -0.2) is 9.97 Å². The summed E-state index contributed by atoms with van der Waals surface area (Å²) in [4.78, 5) is 22.5. The van der Waals surface area contributed by atoms with Gasteiger partial charge in [0, 0.05) is 37.9 Å². The second-order valence-corrected chi connectivity index (χ2v) is 7.16. The topological polar surface area (TPSA) is 83.3 Å². The first kappa shape index (κ1) is 18.4. The number of carbonyl (C=O) groups excluding carboxylic acids is 1. The molecule has 7 heteroatoms. The van der Waals surface area contributed by atoms with Crippen molar-refractivity contribution in [3.05, 3.63) is 54.0 Å². The average molecular weight is 379 g/mol. The third-order valence-electron chi connectivity index (χ3n) is 5.23. The molecule has 0 radical (unpaired) electrons. The van der Waals surface area contributed by atoms with Gasteiger partial charge < -0.3 is 20.0 Å². The van der Waals surface area contributed by atoms with Gasteiger partial charge >= 0.3 is 0 Å². The van der Waals surface area contributed by atoms with Crippen molar-refractivity contribution in [2.24, 2.45) is 5.92 Å². The Morgan fingerprint density at radius 1 is 1.21 bits per heavy atom. The lowest BCUT2D eigenvalue weighted by atomic mass is 9.97. The molecule has 0 bridgehead atoms. The SMILES string of the molecule is CNC(=O)c1cnc(N2CCC(CNCc3cc4ccccc4o3)CC2)nc1. The van der Waals surface area contributed by atoms with Gasteiger partial charge in [-0.15, -0.1) is 0 Å². The first-order valence-corrected chi connectivity index (χ1v) is 9.70. The molecule has 0 aliphatic carbocycles. The number of carbonyl (C=O) groups is 1. The number of piperidine rings is 1. The number of nitrogens with one attached hydrogen (secondary N) is 2. The number of furan rings is 1. The first-order valence-electron chi connectivity index (χ1n) is 9.70. The maximum absolute atomic E-state index is 11.6. The number of aromatic nitrogens is 2. The van der Waals surface area contributed by atoms with Crippen LogP contribution in [0.2, 0.25) is 0 Å². The largest absolute Gasteiger partial charge is 0.460 e. The molecule has 1 saturated heterocycles. The highest BCUT2D eigenvalue weighted by Crippen LogP contribution is 2.21. The lowest BCUT2D eigenvalue weighted by Gasteiger charge is -2.32. The van der Waals surface area contributed by atoms with Crippen molar-refractivity contribution in [3.8, 4) is 0 Å². The summed E-state index contributed by atoms with van der Waals surface area (Å²) >= 11 is 0. The lowest BCUT2D eigenvalue weighted by molar-refractivity contribution is 0.0962. The molecule has 2 aromatic heterocycles. The van der Waals surface area contributed by atoms with Crippen molar-refractivity contribution < 1.29 is 9.21 Å². The van der Waals surface area contributed by atoms with Crippen molar-refractivity contribution in [2.75, 3.05) is 31.6 Å². The van der Waals surface area contributed by atoms with Gasteiger partial charge in [0.1, 0.15) is 11.3 Å². The fourth-order valence-corrected chi connectivity index (χ4v) is 3.61. The van der Waals surface area contributed by atoms with Gasteiger partial charge in [0.15, 0.2) is 0 Å². The van der Waals surface area contributed by atoms with Gasteiger partial charge in [0.05, 0.1) is 12.1 Å². The molecule has 7 nitrogen and oxygen atoms in total. The van der Waals surface area contributed by atoms with E-state index in [9.17, 15) is 4.79 Å². The molecular formula is C21H25N5O2. The quantitative estimate of drug-likeness (QED) is 0.685. The number of rotatable bonds is 6. The summed E-state index contributed by atoms with van der Waals surface area (Å²) in [5.41, 5.74) is 1.42. The predicted molar refractivity (Wildman–Crippen MR) is 108 cm³/mol. The number of benzene rings is 1. The van der Waals surface area contributed by atoms with Crippen LogP contribution in [0.25, 0.3) is 11.0 Å². The van der Waals surface area contributed by atoms with Gasteiger partial charge in [-0.3, -0.25) is 4.79 Å². The second kappa shape index (κ2) is 8.39. The van der Waals surface area contributed by atoms with Crippen LogP contribution in [0.1, 0.15) is 29.0 Å². The van der Waals surface area contributed by atoms with Gasteiger partial charge in [0.25, 0.3) is 5.91 Å². The summed E-state index contributed by atoms with van der Waals surface area (Å²) in [6.07, 6.45) is 5.35. The molecular weight excluding hydrogens is 354 g/mol. The van der Waals surface area contributed by atoms with Crippen LogP contribution in [-0.4, -0.2) is 42.6 Å². The van der Waals surface area contributed by atoms with E-state index in [2.05, 4.69) is 37.6 Å². The summed E-state index contributed by atoms with van der Waals surface area (Å²) in [5.74, 6) is 2.14. The highest BCUT2D eigenvalue weighted by atomic mass is 16.3. The van der Waals surface area contributed by atoms with Crippen LogP contribution in [0, 0.1) is 5.92 Å². The monoisotopic (exact) mass is 379 g/mol. The van der Waals surface area contributed by atoms with E-state index in [4.69, 9.17) is 4.42 Å². The minimum absolute atomic E-state index is 0.166. The highest BCUT2D eigenvalue weighted by Gasteiger charge is 2.21. The van der Waals surface area contributed by atoms with E-state index >= 15 is 0 Å². The Balaban J connectivity index is 1.23. The molecule has 3 aromatic rings. The van der Waals surface area contributed by atoms with E-state index in [0.29, 0.717) is 17.4 Å². The van der Waals surface area contributed by atoms with Gasteiger partial charge in [-0.05, 0) is 37.4 Å². The van der Waals surface area contributed by atoms with Crippen LogP contribution in [0.3, 0.4) is 0 Å². The number of anilines is 1. The summed E-state index contributed by atoms with van der Waals surface area (Å²) in [5, 5.41) is 7.25. The van der Waals surface area contributed by atoms with E-state index in [-0.39, 0.29) is 5.91 Å². The normalized spacial score (nSPS) is 15.1. The van der Waals surface area contributed by atoms with Crippen LogP contribution in [0.4, 0.5) is 5.95 Å². The molecule has 3 heterocycles. The van der Waals surface area contributed by atoms with E-state index in [1.54, 1.807) is 19.4 Å². The van der Waals surface area contributed by atoms with Crippen LogP contribution in [-0.2, 0) is 6.54 Å². The molecule has 28 heavy (non-hydrogen) atoms. The molecule has 4 rings (SSSR count). The zero-order valence-corrected chi connectivity index (χ0v) is 16.0. The van der Waals surface area contributed by atoms with Gasteiger partial charge in [-0.2, -0.15) is 0 Å². The van der Waals surface area contributed by atoms with E-state index in [1.165, 1.54) is 0 Å². The minimum Gasteiger partial charge on any atom is -0.460 e. The highest BCUT2D eigenvalue weighted by molar-refractivity contribution is 5.93. The average Bonchev–Trinajstić information content (AvgIpc) is 3.16. The molecule has 1 aromatic carbocycles. The zero-order chi connectivity index (χ0) is 19.3. The number of hydrogen-bond acceptors (Lipinski definition) is 6. The van der Waals surface area contributed by atoms with Crippen molar-refractivity contribution >= 4 is 22.8 Å². The van der Waals surface area contributed by atoms with Crippen LogP contribution >= 0.6 is 0 Å². The van der Waals surface area contributed by atoms with Crippen LogP contribution in [0.5, 0.6) is 0 Å². The summed E-state index contributed by atoms with van der Waals surface area (Å²) in [7, 11) is 1.60. The maximum Gasteiger partial charge on any atom is 0.254 e. The van der Waals surface area contributed by atoms with Crippen molar-refractivity contribution in [3.63, 3.8) is 0 Å². The number of para-hydroxylation sites is 1. The van der Waals surface area contributed by atoms with Gasteiger partial charge in [-0.1, -0.05) is 18.2 Å². The molecule has 1 aliphatic heterocycles. The molecule has 0 spiro atoms. The molecule has 0 atom stereocenters. The van der Waals surface area contributed by atoms with E-state index in [1.807, 2.05) is 18.2 Å². The molecule has 2 N–H and O–H groups in total. The molecule has 1 amide bonds. The van der Waals surface area contributed by atoms with Crippen LogP contribution < -0.4 is 15.5 Å². The Morgan fingerprint density at radius 3 is 2.68 bits per heavy atom. The summed E-state index contributed by atoms with van der Waals surface area (Å²) in [6, 6.07) is 10.2.